The average Bonchev–Trinajstić information content (AvgIpc) is 3.16. The van der Waals surface area contributed by atoms with E-state index in [0.29, 0.717) is 0 Å². The quantitative estimate of drug-likeness (QED) is 0.573. The molecule has 0 aliphatic carbocycles. The zero-order chi connectivity index (χ0) is 20.2. The second-order valence-corrected chi connectivity index (χ2v) is 8.48. The Bertz CT molecular complexity index is 988. The van der Waals surface area contributed by atoms with E-state index in [1.807, 2.05) is 42.2 Å². The fraction of sp³-hybridized carbons (Fsp3) is 0.364. The first kappa shape index (κ1) is 19.6. The van der Waals surface area contributed by atoms with Crippen molar-refractivity contribution in [1.29, 1.82) is 0 Å². The van der Waals surface area contributed by atoms with Crippen LogP contribution < -0.4 is 4.90 Å². The number of aryl methyl sites for hydroxylation is 1. The number of amides is 1. The number of rotatable bonds is 6. The minimum absolute atomic E-state index is 0.124. The highest BCUT2D eigenvalue weighted by Crippen LogP contribution is 2.32. The summed E-state index contributed by atoms with van der Waals surface area (Å²) in [5, 5.41) is 9.35. The van der Waals surface area contributed by atoms with Gasteiger partial charge in [-0.25, -0.2) is 0 Å². The molecular formula is C22H25N5OS. The Morgan fingerprint density at radius 1 is 1.17 bits per heavy atom. The van der Waals surface area contributed by atoms with Crippen LogP contribution in [-0.4, -0.2) is 37.5 Å². The van der Waals surface area contributed by atoms with Gasteiger partial charge in [0.1, 0.15) is 0 Å². The van der Waals surface area contributed by atoms with Crippen LogP contribution in [0.15, 0.2) is 53.9 Å². The number of pyridine rings is 1. The van der Waals surface area contributed by atoms with Crippen molar-refractivity contribution in [1.82, 2.24) is 19.7 Å². The molecule has 1 atom stereocenters. The summed E-state index contributed by atoms with van der Waals surface area (Å²) in [5.74, 6) is 0.943. The molecule has 0 saturated carbocycles. The molecule has 4 rings (SSSR count). The van der Waals surface area contributed by atoms with E-state index >= 15 is 0 Å². The fourth-order valence-corrected chi connectivity index (χ4v) is 4.64. The predicted octanol–water partition coefficient (Wildman–Crippen LogP) is 4.21. The topological polar surface area (TPSA) is 63.9 Å². The van der Waals surface area contributed by atoms with Crippen molar-refractivity contribution in [3.05, 3.63) is 54.4 Å². The lowest BCUT2D eigenvalue weighted by Gasteiger charge is -2.31. The lowest BCUT2D eigenvalue weighted by atomic mass is 10.0. The van der Waals surface area contributed by atoms with Gasteiger partial charge in [0, 0.05) is 36.7 Å². The third-order valence-electron chi connectivity index (χ3n) is 5.11. The number of carbonyl (C=O) groups excluding carboxylic acids is 1. The van der Waals surface area contributed by atoms with Gasteiger partial charge < -0.3 is 9.47 Å². The minimum atomic E-state index is -0.244. The number of aromatic nitrogens is 4. The molecule has 29 heavy (non-hydrogen) atoms. The number of nitrogens with zero attached hydrogens (tertiary/aromatic N) is 5. The molecule has 0 spiro atoms. The Morgan fingerprint density at radius 2 is 1.97 bits per heavy atom. The fourth-order valence-electron chi connectivity index (χ4n) is 3.71. The smallest absolute Gasteiger partial charge is 0.240 e. The minimum Gasteiger partial charge on any atom is -0.311 e. The molecule has 0 fully saturated rings. The summed E-state index contributed by atoms with van der Waals surface area (Å²) in [6.45, 7) is 5.66. The lowest BCUT2D eigenvalue weighted by Crippen LogP contribution is -2.40. The summed E-state index contributed by atoms with van der Waals surface area (Å²) in [6, 6.07) is 12.1. The van der Waals surface area contributed by atoms with E-state index in [4.69, 9.17) is 0 Å². The number of anilines is 1. The molecule has 0 radical (unpaired) electrons. The summed E-state index contributed by atoms with van der Waals surface area (Å²) in [6.07, 6.45) is 6.51. The Hall–Kier alpha value is -2.67. The van der Waals surface area contributed by atoms with Gasteiger partial charge >= 0.3 is 0 Å². The maximum absolute atomic E-state index is 13.3. The number of benzene rings is 1. The molecular weight excluding hydrogens is 382 g/mol. The first-order chi connectivity index (χ1) is 14.2. The van der Waals surface area contributed by atoms with Crippen molar-refractivity contribution in [2.75, 3.05) is 11.4 Å². The highest BCUT2D eigenvalue weighted by atomic mass is 32.2. The molecule has 6 nitrogen and oxygen atoms in total. The van der Waals surface area contributed by atoms with Crippen molar-refractivity contribution in [3.63, 3.8) is 0 Å². The maximum Gasteiger partial charge on any atom is 0.240 e. The van der Waals surface area contributed by atoms with Crippen LogP contribution in [0.5, 0.6) is 0 Å². The Balaban J connectivity index is 1.57. The van der Waals surface area contributed by atoms with Crippen molar-refractivity contribution in [3.8, 4) is 11.4 Å². The number of hydrogen-bond donors (Lipinski definition) is 0. The number of para-hydroxylation sites is 1. The van der Waals surface area contributed by atoms with Gasteiger partial charge in [-0.05, 0) is 49.9 Å². The third-order valence-corrected chi connectivity index (χ3v) is 6.18. The van der Waals surface area contributed by atoms with Crippen LogP contribution in [0, 0.1) is 0 Å². The van der Waals surface area contributed by atoms with Crippen molar-refractivity contribution < 1.29 is 4.79 Å². The Kier molecular flexibility index (Phi) is 5.94. The summed E-state index contributed by atoms with van der Waals surface area (Å²) in [5.41, 5.74) is 3.28. The lowest BCUT2D eigenvalue weighted by molar-refractivity contribution is -0.117. The van der Waals surface area contributed by atoms with Gasteiger partial charge in [-0.2, -0.15) is 0 Å². The maximum atomic E-state index is 13.3. The van der Waals surface area contributed by atoms with Crippen LogP contribution in [0.3, 0.4) is 0 Å². The van der Waals surface area contributed by atoms with Gasteiger partial charge in [-0.1, -0.05) is 36.9 Å². The molecule has 1 aliphatic heterocycles. The van der Waals surface area contributed by atoms with Crippen molar-refractivity contribution in [2.45, 2.75) is 50.1 Å². The van der Waals surface area contributed by atoms with E-state index in [1.165, 1.54) is 17.3 Å². The standard InChI is InChI=1S/C22H25N5OS/c1-3-14-27-20(18-10-12-23-13-11-18)24-25-22(27)29-16(2)21(28)26-15-6-8-17-7-4-5-9-19(17)26/h4-5,7,9-13,16H,3,6,8,14-15H2,1-2H3. The molecule has 0 bridgehead atoms. The van der Waals surface area contributed by atoms with Crippen LogP contribution >= 0.6 is 11.8 Å². The SMILES string of the molecule is CCCn1c(SC(C)C(=O)N2CCCc3ccccc32)nnc1-c1ccncc1. The van der Waals surface area contributed by atoms with E-state index in [-0.39, 0.29) is 11.2 Å². The summed E-state index contributed by atoms with van der Waals surface area (Å²) in [7, 11) is 0. The van der Waals surface area contributed by atoms with Gasteiger partial charge in [0.25, 0.3) is 0 Å². The molecule has 7 heteroatoms. The van der Waals surface area contributed by atoms with Gasteiger partial charge in [-0.3, -0.25) is 9.78 Å². The van der Waals surface area contributed by atoms with Crippen LogP contribution in [0.1, 0.15) is 32.3 Å². The van der Waals surface area contributed by atoms with Gasteiger partial charge in [0.2, 0.25) is 5.91 Å². The van der Waals surface area contributed by atoms with E-state index in [1.54, 1.807) is 12.4 Å². The van der Waals surface area contributed by atoms with Crippen LogP contribution in [0.25, 0.3) is 11.4 Å². The molecule has 3 heterocycles. The van der Waals surface area contributed by atoms with Crippen LogP contribution in [-0.2, 0) is 17.8 Å². The number of hydrogen-bond acceptors (Lipinski definition) is 5. The van der Waals surface area contributed by atoms with E-state index in [2.05, 4.69) is 32.7 Å². The summed E-state index contributed by atoms with van der Waals surface area (Å²) >= 11 is 1.48. The molecule has 1 unspecified atom stereocenters. The molecule has 0 saturated heterocycles. The van der Waals surface area contributed by atoms with Crippen molar-refractivity contribution in [2.24, 2.45) is 0 Å². The normalized spacial score (nSPS) is 14.5. The first-order valence-corrected chi connectivity index (χ1v) is 11.0. The first-order valence-electron chi connectivity index (χ1n) is 10.1. The molecule has 1 amide bonds. The largest absolute Gasteiger partial charge is 0.311 e. The number of fused-ring (bicyclic) bond motifs is 1. The molecule has 2 aromatic heterocycles. The van der Waals surface area contributed by atoms with Gasteiger partial charge in [0.05, 0.1) is 5.25 Å². The Labute approximate surface area is 175 Å². The van der Waals surface area contributed by atoms with Crippen molar-refractivity contribution >= 4 is 23.4 Å². The molecule has 1 aliphatic rings. The van der Waals surface area contributed by atoms with E-state index in [9.17, 15) is 4.79 Å². The van der Waals surface area contributed by atoms with Crippen LogP contribution in [0.4, 0.5) is 5.69 Å². The number of carbonyl (C=O) groups is 1. The average molecular weight is 408 g/mol. The van der Waals surface area contributed by atoms with Gasteiger partial charge in [0.15, 0.2) is 11.0 Å². The predicted molar refractivity (Wildman–Crippen MR) is 116 cm³/mol. The highest BCUT2D eigenvalue weighted by Gasteiger charge is 2.28. The zero-order valence-corrected chi connectivity index (χ0v) is 17.6. The second-order valence-electron chi connectivity index (χ2n) is 7.18. The summed E-state index contributed by atoms with van der Waals surface area (Å²) in [4.78, 5) is 19.3. The van der Waals surface area contributed by atoms with E-state index < -0.39 is 0 Å². The molecule has 1 aromatic carbocycles. The Morgan fingerprint density at radius 3 is 2.76 bits per heavy atom. The number of thioether (sulfide) groups is 1. The molecule has 150 valence electrons. The second kappa shape index (κ2) is 8.78. The molecule has 3 aromatic rings. The molecule has 0 N–H and O–H groups in total. The van der Waals surface area contributed by atoms with Gasteiger partial charge in [-0.15, -0.1) is 10.2 Å². The third kappa shape index (κ3) is 4.05. The van der Waals surface area contributed by atoms with Crippen LogP contribution in [0.2, 0.25) is 0 Å². The zero-order valence-electron chi connectivity index (χ0n) is 16.8. The van der Waals surface area contributed by atoms with E-state index in [0.717, 1.165) is 54.6 Å². The monoisotopic (exact) mass is 407 g/mol. The summed E-state index contributed by atoms with van der Waals surface area (Å²) < 4.78 is 2.11. The highest BCUT2D eigenvalue weighted by molar-refractivity contribution is 8.00.